The number of nitrogens with one attached hydrogen (secondary N) is 1. The van der Waals surface area contributed by atoms with Gasteiger partial charge in [-0.05, 0) is 12.1 Å². The lowest BCUT2D eigenvalue weighted by molar-refractivity contribution is -0.143. The molecule has 0 aliphatic rings. The third-order valence-electron chi connectivity index (χ3n) is 2.21. The van der Waals surface area contributed by atoms with Crippen molar-refractivity contribution in [1.29, 1.82) is 0 Å². The average Bonchev–Trinajstić information content (AvgIpc) is 2.36. The zero-order chi connectivity index (χ0) is 15.1. The maximum atomic E-state index is 13.5. The van der Waals surface area contributed by atoms with Crippen LogP contribution in [0.15, 0.2) is 18.2 Å². The maximum Gasteiger partial charge on any atom is 0.308 e. The maximum absolute atomic E-state index is 13.5. The highest BCUT2D eigenvalue weighted by Crippen LogP contribution is 2.21. The molecular weight excluding hydrogens is 269 g/mol. The van der Waals surface area contributed by atoms with Crippen molar-refractivity contribution in [2.75, 3.05) is 18.5 Å². The molecule has 0 aliphatic carbocycles. The van der Waals surface area contributed by atoms with Crippen LogP contribution >= 0.6 is 0 Å². The molecule has 110 valence electrons. The predicted octanol–water partition coefficient (Wildman–Crippen LogP) is 1.09. The van der Waals surface area contributed by atoms with Crippen LogP contribution in [0.1, 0.15) is 13.8 Å². The minimum absolute atomic E-state index is 0.0830. The second-order valence-electron chi connectivity index (χ2n) is 4.08. The van der Waals surface area contributed by atoms with E-state index >= 15 is 0 Å². The third-order valence-corrected chi connectivity index (χ3v) is 2.21. The average molecular weight is 285 g/mol. The molecule has 0 heterocycles. The van der Waals surface area contributed by atoms with Crippen LogP contribution in [0, 0.1) is 5.82 Å². The zero-order valence-corrected chi connectivity index (χ0v) is 11.2. The fourth-order valence-corrected chi connectivity index (χ4v) is 1.36. The van der Waals surface area contributed by atoms with Gasteiger partial charge >= 0.3 is 11.9 Å². The Balaban J connectivity index is 2.50. The summed E-state index contributed by atoms with van der Waals surface area (Å²) in [5.41, 5.74) is 0.403. The second-order valence-corrected chi connectivity index (χ2v) is 4.08. The molecule has 0 amide bonds. The van der Waals surface area contributed by atoms with E-state index in [1.54, 1.807) is 0 Å². The third kappa shape index (κ3) is 5.66. The van der Waals surface area contributed by atoms with Crippen molar-refractivity contribution >= 4 is 17.6 Å². The summed E-state index contributed by atoms with van der Waals surface area (Å²) < 4.78 is 22.8. The molecule has 1 atom stereocenters. The topological polar surface area (TPSA) is 84.9 Å². The number of aliphatic hydroxyl groups excluding tert-OH is 1. The minimum atomic E-state index is -0.907. The van der Waals surface area contributed by atoms with E-state index in [0.717, 1.165) is 6.07 Å². The Bertz CT molecular complexity index is 492. The number of benzene rings is 1. The first-order valence-electron chi connectivity index (χ1n) is 5.91. The number of hydrogen-bond donors (Lipinski definition) is 2. The Kier molecular flexibility index (Phi) is 5.92. The second kappa shape index (κ2) is 7.44. The van der Waals surface area contributed by atoms with Crippen molar-refractivity contribution in [2.45, 2.75) is 20.0 Å². The molecule has 0 spiro atoms. The van der Waals surface area contributed by atoms with Crippen molar-refractivity contribution in [2.24, 2.45) is 0 Å². The van der Waals surface area contributed by atoms with E-state index in [-0.39, 0.29) is 18.9 Å². The molecule has 0 aromatic heterocycles. The minimum Gasteiger partial charge on any atom is -0.463 e. The molecule has 0 saturated carbocycles. The van der Waals surface area contributed by atoms with Gasteiger partial charge in [0.05, 0.1) is 0 Å². The number of rotatable bonds is 6. The van der Waals surface area contributed by atoms with Gasteiger partial charge in [-0.15, -0.1) is 0 Å². The van der Waals surface area contributed by atoms with E-state index in [2.05, 4.69) is 14.8 Å². The number of ether oxygens (including phenoxy) is 2. The Morgan fingerprint density at radius 2 is 2.05 bits per heavy atom. The molecule has 0 fully saturated rings. The SMILES string of the molecule is CC(=O)OCC(O)CNc1ccc(OC(C)=O)c(F)c1. The fourth-order valence-electron chi connectivity index (χ4n) is 1.36. The quantitative estimate of drug-likeness (QED) is 0.601. The first-order chi connectivity index (χ1) is 9.38. The monoisotopic (exact) mass is 285 g/mol. The van der Waals surface area contributed by atoms with Crippen molar-refractivity contribution in [3.63, 3.8) is 0 Å². The van der Waals surface area contributed by atoms with Crippen molar-refractivity contribution < 1.29 is 28.6 Å². The zero-order valence-electron chi connectivity index (χ0n) is 11.2. The van der Waals surface area contributed by atoms with Gasteiger partial charge < -0.3 is 19.9 Å². The van der Waals surface area contributed by atoms with E-state index < -0.39 is 23.9 Å². The number of halogens is 1. The van der Waals surface area contributed by atoms with Crippen LogP contribution in [0.4, 0.5) is 10.1 Å². The normalized spacial score (nSPS) is 11.6. The highest BCUT2D eigenvalue weighted by Gasteiger charge is 2.09. The van der Waals surface area contributed by atoms with E-state index in [0.29, 0.717) is 5.69 Å². The van der Waals surface area contributed by atoms with Gasteiger partial charge in [0.25, 0.3) is 0 Å². The lowest BCUT2D eigenvalue weighted by Crippen LogP contribution is -2.25. The number of carbonyl (C=O) groups is 2. The Hall–Kier alpha value is -2.15. The summed E-state index contributed by atoms with van der Waals surface area (Å²) in [7, 11) is 0. The molecule has 0 aliphatic heterocycles. The van der Waals surface area contributed by atoms with Gasteiger partial charge in [0.15, 0.2) is 11.6 Å². The Morgan fingerprint density at radius 1 is 1.35 bits per heavy atom. The van der Waals surface area contributed by atoms with Crippen LogP contribution in [-0.4, -0.2) is 36.3 Å². The number of esters is 2. The lowest BCUT2D eigenvalue weighted by atomic mass is 10.2. The highest BCUT2D eigenvalue weighted by atomic mass is 19.1. The van der Waals surface area contributed by atoms with Crippen molar-refractivity contribution in [3.05, 3.63) is 24.0 Å². The molecule has 1 rings (SSSR count). The van der Waals surface area contributed by atoms with E-state index in [4.69, 9.17) is 0 Å². The summed E-state index contributed by atoms with van der Waals surface area (Å²) in [6.45, 7) is 2.36. The van der Waals surface area contributed by atoms with Gasteiger partial charge in [0.2, 0.25) is 0 Å². The van der Waals surface area contributed by atoms with Crippen LogP contribution in [0.2, 0.25) is 0 Å². The van der Waals surface area contributed by atoms with Gasteiger partial charge in [-0.2, -0.15) is 0 Å². The number of aliphatic hydroxyl groups is 1. The predicted molar refractivity (Wildman–Crippen MR) is 68.8 cm³/mol. The van der Waals surface area contributed by atoms with E-state index in [9.17, 15) is 19.1 Å². The van der Waals surface area contributed by atoms with E-state index in [1.165, 1.54) is 26.0 Å². The van der Waals surface area contributed by atoms with Gasteiger partial charge in [-0.3, -0.25) is 9.59 Å². The van der Waals surface area contributed by atoms with Crippen LogP contribution in [0.3, 0.4) is 0 Å². The smallest absolute Gasteiger partial charge is 0.308 e. The van der Waals surface area contributed by atoms with Gasteiger partial charge in [-0.1, -0.05) is 0 Å². The molecule has 6 nitrogen and oxygen atoms in total. The molecule has 20 heavy (non-hydrogen) atoms. The molecule has 0 bridgehead atoms. The number of carbonyl (C=O) groups excluding carboxylic acids is 2. The molecule has 0 saturated heterocycles. The molecule has 7 heteroatoms. The number of hydrogen-bond acceptors (Lipinski definition) is 6. The largest absolute Gasteiger partial charge is 0.463 e. The summed E-state index contributed by atoms with van der Waals surface area (Å²) in [5, 5.41) is 12.3. The molecule has 1 aromatic carbocycles. The molecule has 0 radical (unpaired) electrons. The summed E-state index contributed by atoms with van der Waals surface area (Å²) in [4.78, 5) is 21.3. The highest BCUT2D eigenvalue weighted by molar-refractivity contribution is 5.69. The molecule has 1 aromatic rings. The van der Waals surface area contributed by atoms with Crippen LogP contribution in [-0.2, 0) is 14.3 Å². The standard InChI is InChI=1S/C13H16FNO5/c1-8(16)19-7-11(18)6-15-10-3-4-13(12(14)5-10)20-9(2)17/h3-5,11,15,18H,6-7H2,1-2H3. The summed E-state index contributed by atoms with van der Waals surface area (Å²) in [6, 6.07) is 3.94. The van der Waals surface area contributed by atoms with Crippen LogP contribution in [0.5, 0.6) is 5.75 Å². The first kappa shape index (κ1) is 15.9. The molecule has 2 N–H and O–H groups in total. The van der Waals surface area contributed by atoms with E-state index in [1.807, 2.05) is 0 Å². The van der Waals surface area contributed by atoms with Crippen LogP contribution in [0.25, 0.3) is 0 Å². The summed E-state index contributed by atoms with van der Waals surface area (Å²) >= 11 is 0. The first-order valence-corrected chi connectivity index (χ1v) is 5.91. The van der Waals surface area contributed by atoms with Gasteiger partial charge in [-0.25, -0.2) is 4.39 Å². The lowest BCUT2D eigenvalue weighted by Gasteiger charge is -2.13. The molecular formula is C13H16FNO5. The Labute approximate surface area is 115 Å². The molecule has 1 unspecified atom stereocenters. The number of anilines is 1. The summed E-state index contributed by atoms with van der Waals surface area (Å²) in [6.07, 6.45) is -0.907. The van der Waals surface area contributed by atoms with Gasteiger partial charge in [0.1, 0.15) is 12.7 Å². The summed E-state index contributed by atoms with van der Waals surface area (Å²) in [5.74, 6) is -1.95. The van der Waals surface area contributed by atoms with Crippen molar-refractivity contribution in [3.8, 4) is 5.75 Å². The van der Waals surface area contributed by atoms with Crippen LogP contribution < -0.4 is 10.1 Å². The van der Waals surface area contributed by atoms with Crippen molar-refractivity contribution in [1.82, 2.24) is 0 Å². The fraction of sp³-hybridized carbons (Fsp3) is 0.385. The van der Waals surface area contributed by atoms with Gasteiger partial charge in [0, 0.05) is 32.1 Å². The Morgan fingerprint density at radius 3 is 2.60 bits per heavy atom.